The van der Waals surface area contributed by atoms with Gasteiger partial charge in [-0.3, -0.25) is 10.1 Å². The fourth-order valence-electron chi connectivity index (χ4n) is 1.09. The number of hydrogen-bond donors (Lipinski definition) is 2. The van der Waals surface area contributed by atoms with Crippen molar-refractivity contribution in [3.8, 4) is 0 Å². The number of carbonyl (C=O) groups is 2. The van der Waals surface area contributed by atoms with Crippen LogP contribution in [0.2, 0.25) is 0 Å². The van der Waals surface area contributed by atoms with E-state index in [1.54, 1.807) is 0 Å². The van der Waals surface area contributed by atoms with Crippen molar-refractivity contribution in [2.24, 2.45) is 5.92 Å². The number of carbonyl (C=O) groups excluding carboxylic acids is 2. The van der Waals surface area contributed by atoms with Crippen LogP contribution in [0.5, 0.6) is 0 Å². The minimum absolute atomic E-state index is 0.00950. The maximum atomic E-state index is 11.5. The average Bonchev–Trinajstić information content (AvgIpc) is 2.73. The zero-order valence-corrected chi connectivity index (χ0v) is 10.6. The topological polar surface area (TPSA) is 98.1 Å². The Kier molecular flexibility index (Phi) is 5.09. The highest BCUT2D eigenvalue weighted by Gasteiger charge is 2.08. The number of ether oxygens (including phenoxy) is 1. The second-order valence-corrected chi connectivity index (χ2v) is 4.07. The number of anilines is 1. The SMILES string of the molecule is COC(=O)Nc1cnn(CC(=O)NCC(C)C)n1. The summed E-state index contributed by atoms with van der Waals surface area (Å²) < 4.78 is 4.40. The van der Waals surface area contributed by atoms with Crippen LogP contribution in [0.15, 0.2) is 6.20 Å². The van der Waals surface area contributed by atoms with Crippen molar-refractivity contribution in [3.63, 3.8) is 0 Å². The van der Waals surface area contributed by atoms with Crippen molar-refractivity contribution in [3.05, 3.63) is 6.20 Å². The zero-order chi connectivity index (χ0) is 13.5. The summed E-state index contributed by atoms with van der Waals surface area (Å²) in [6.07, 6.45) is 0.707. The van der Waals surface area contributed by atoms with Crippen molar-refractivity contribution in [1.29, 1.82) is 0 Å². The molecule has 0 aliphatic carbocycles. The third-order valence-corrected chi connectivity index (χ3v) is 1.94. The van der Waals surface area contributed by atoms with E-state index in [4.69, 9.17) is 0 Å². The molecule has 0 aromatic carbocycles. The molecule has 8 nitrogen and oxygen atoms in total. The van der Waals surface area contributed by atoms with Crippen LogP contribution in [0.4, 0.5) is 10.6 Å². The summed E-state index contributed by atoms with van der Waals surface area (Å²) in [6, 6.07) is 0. The molecule has 0 saturated heterocycles. The molecule has 0 radical (unpaired) electrons. The molecule has 0 unspecified atom stereocenters. The molecule has 0 saturated carbocycles. The summed E-state index contributed by atoms with van der Waals surface area (Å²) in [5.41, 5.74) is 0. The third kappa shape index (κ3) is 4.81. The molecule has 1 heterocycles. The Morgan fingerprint density at radius 1 is 1.50 bits per heavy atom. The van der Waals surface area contributed by atoms with Gasteiger partial charge in [0.15, 0.2) is 5.82 Å². The van der Waals surface area contributed by atoms with Crippen molar-refractivity contribution >= 4 is 17.8 Å². The molecule has 0 bridgehead atoms. The van der Waals surface area contributed by atoms with Gasteiger partial charge < -0.3 is 10.1 Å². The van der Waals surface area contributed by atoms with E-state index in [1.165, 1.54) is 18.1 Å². The van der Waals surface area contributed by atoms with Crippen molar-refractivity contribution in [1.82, 2.24) is 20.3 Å². The van der Waals surface area contributed by atoms with E-state index in [1.807, 2.05) is 13.8 Å². The van der Waals surface area contributed by atoms with Gasteiger partial charge in [-0.05, 0) is 5.92 Å². The molecule has 0 aliphatic heterocycles. The Morgan fingerprint density at radius 2 is 2.22 bits per heavy atom. The lowest BCUT2D eigenvalue weighted by molar-refractivity contribution is -0.122. The molecule has 1 aromatic heterocycles. The maximum absolute atomic E-state index is 11.5. The minimum Gasteiger partial charge on any atom is -0.453 e. The summed E-state index contributed by atoms with van der Waals surface area (Å²) in [7, 11) is 1.25. The summed E-state index contributed by atoms with van der Waals surface area (Å²) in [4.78, 5) is 23.6. The van der Waals surface area contributed by atoms with Gasteiger partial charge in [-0.1, -0.05) is 13.8 Å². The normalized spacial score (nSPS) is 10.2. The number of amides is 2. The smallest absolute Gasteiger partial charge is 0.412 e. The van der Waals surface area contributed by atoms with Gasteiger partial charge in [0.2, 0.25) is 5.91 Å². The van der Waals surface area contributed by atoms with Gasteiger partial charge in [-0.25, -0.2) is 4.79 Å². The lowest BCUT2D eigenvalue weighted by Gasteiger charge is -2.06. The first-order chi connectivity index (χ1) is 8.51. The van der Waals surface area contributed by atoms with E-state index in [-0.39, 0.29) is 18.3 Å². The number of methoxy groups -OCH3 is 1. The Balaban J connectivity index is 2.43. The van der Waals surface area contributed by atoms with E-state index in [0.29, 0.717) is 12.5 Å². The molecule has 0 aliphatic rings. The van der Waals surface area contributed by atoms with E-state index in [2.05, 4.69) is 25.6 Å². The van der Waals surface area contributed by atoms with E-state index >= 15 is 0 Å². The highest BCUT2D eigenvalue weighted by molar-refractivity contribution is 5.82. The Labute approximate surface area is 105 Å². The second kappa shape index (κ2) is 6.58. The van der Waals surface area contributed by atoms with E-state index in [9.17, 15) is 9.59 Å². The van der Waals surface area contributed by atoms with E-state index in [0.717, 1.165) is 0 Å². The van der Waals surface area contributed by atoms with Crippen LogP contribution in [0.25, 0.3) is 0 Å². The standard InChI is InChI=1S/C10H17N5O3/c1-7(2)4-11-9(16)6-15-12-5-8(14-15)13-10(17)18-3/h5,7H,4,6H2,1-3H3,(H,11,16)(H,13,14,17). The number of nitrogens with zero attached hydrogens (tertiary/aromatic N) is 3. The average molecular weight is 255 g/mol. The number of rotatable bonds is 5. The molecule has 0 spiro atoms. The van der Waals surface area contributed by atoms with Crippen LogP contribution in [-0.2, 0) is 16.1 Å². The maximum Gasteiger partial charge on any atom is 0.412 e. The summed E-state index contributed by atoms with van der Waals surface area (Å²) >= 11 is 0. The molecule has 1 rings (SSSR count). The van der Waals surface area contributed by atoms with Crippen molar-refractivity contribution < 1.29 is 14.3 Å². The van der Waals surface area contributed by atoms with Crippen LogP contribution in [0, 0.1) is 5.92 Å². The Bertz CT molecular complexity index is 415. The molecular weight excluding hydrogens is 238 g/mol. The van der Waals surface area contributed by atoms with Gasteiger partial charge >= 0.3 is 6.09 Å². The van der Waals surface area contributed by atoms with Crippen LogP contribution in [0.3, 0.4) is 0 Å². The molecule has 2 amide bonds. The number of nitrogens with one attached hydrogen (secondary N) is 2. The van der Waals surface area contributed by atoms with Crippen molar-refractivity contribution in [2.75, 3.05) is 19.0 Å². The van der Waals surface area contributed by atoms with Gasteiger partial charge in [0.25, 0.3) is 0 Å². The molecule has 1 aromatic rings. The molecule has 2 N–H and O–H groups in total. The first kappa shape index (κ1) is 13.9. The largest absolute Gasteiger partial charge is 0.453 e. The van der Waals surface area contributed by atoms with Crippen LogP contribution >= 0.6 is 0 Å². The number of aromatic nitrogens is 3. The summed E-state index contributed by atoms with van der Waals surface area (Å²) in [6.45, 7) is 4.62. The predicted molar refractivity (Wildman–Crippen MR) is 63.9 cm³/mol. The van der Waals surface area contributed by atoms with E-state index < -0.39 is 6.09 Å². The van der Waals surface area contributed by atoms with Crippen LogP contribution < -0.4 is 10.6 Å². The Hall–Kier alpha value is -2.12. The second-order valence-electron chi connectivity index (χ2n) is 4.07. The first-order valence-corrected chi connectivity index (χ1v) is 5.53. The third-order valence-electron chi connectivity index (χ3n) is 1.94. The molecule has 18 heavy (non-hydrogen) atoms. The highest BCUT2D eigenvalue weighted by Crippen LogP contribution is 1.99. The summed E-state index contributed by atoms with van der Waals surface area (Å²) in [5.74, 6) is 0.443. The van der Waals surface area contributed by atoms with Gasteiger partial charge in [0, 0.05) is 6.54 Å². The lowest BCUT2D eigenvalue weighted by Crippen LogP contribution is -2.31. The van der Waals surface area contributed by atoms with Gasteiger partial charge in [-0.2, -0.15) is 9.90 Å². The number of hydrogen-bond acceptors (Lipinski definition) is 5. The fraction of sp³-hybridized carbons (Fsp3) is 0.600. The van der Waals surface area contributed by atoms with Gasteiger partial charge in [0.1, 0.15) is 6.54 Å². The molecule has 0 fully saturated rings. The summed E-state index contributed by atoms with van der Waals surface area (Å²) in [5, 5.41) is 12.8. The quantitative estimate of drug-likeness (QED) is 0.784. The molecule has 8 heteroatoms. The molecule has 0 atom stereocenters. The van der Waals surface area contributed by atoms with Crippen LogP contribution in [0.1, 0.15) is 13.8 Å². The monoisotopic (exact) mass is 255 g/mol. The highest BCUT2D eigenvalue weighted by atomic mass is 16.5. The first-order valence-electron chi connectivity index (χ1n) is 5.53. The molecule has 100 valence electrons. The zero-order valence-electron chi connectivity index (χ0n) is 10.6. The Morgan fingerprint density at radius 3 is 2.83 bits per heavy atom. The lowest BCUT2D eigenvalue weighted by atomic mass is 10.2. The van der Waals surface area contributed by atoms with Gasteiger partial charge in [0.05, 0.1) is 13.3 Å². The van der Waals surface area contributed by atoms with Crippen LogP contribution in [-0.4, -0.2) is 40.6 Å². The predicted octanol–water partition coefficient (Wildman–Crippen LogP) is 0.229. The minimum atomic E-state index is -0.633. The van der Waals surface area contributed by atoms with Gasteiger partial charge in [-0.15, -0.1) is 5.10 Å². The van der Waals surface area contributed by atoms with Crippen molar-refractivity contribution in [2.45, 2.75) is 20.4 Å². The fourth-order valence-corrected chi connectivity index (χ4v) is 1.09. The molecular formula is C10H17N5O3.